The molecule has 3 heterocycles. The van der Waals surface area contributed by atoms with Crippen LogP contribution in [0.25, 0.3) is 0 Å². The van der Waals surface area contributed by atoms with Gasteiger partial charge in [-0.1, -0.05) is 6.92 Å². The van der Waals surface area contributed by atoms with Crippen molar-refractivity contribution in [2.45, 2.75) is 38.6 Å². The molecule has 0 bridgehead atoms. The molecular formula is C19H29N3O3. The van der Waals surface area contributed by atoms with Crippen molar-refractivity contribution in [1.29, 1.82) is 0 Å². The van der Waals surface area contributed by atoms with Crippen molar-refractivity contribution in [1.82, 2.24) is 14.7 Å². The van der Waals surface area contributed by atoms with Crippen LogP contribution in [0.15, 0.2) is 22.8 Å². The van der Waals surface area contributed by atoms with E-state index in [0.29, 0.717) is 19.0 Å². The number of hydrogen-bond acceptors (Lipinski definition) is 3. The van der Waals surface area contributed by atoms with E-state index in [2.05, 4.69) is 6.92 Å². The smallest absolute Gasteiger partial charge is 0.319 e. The minimum atomic E-state index is 0.0112. The van der Waals surface area contributed by atoms with Crippen LogP contribution in [-0.4, -0.2) is 60.4 Å². The number of piperidine rings is 2. The van der Waals surface area contributed by atoms with Gasteiger partial charge in [0, 0.05) is 39.6 Å². The van der Waals surface area contributed by atoms with Crippen molar-refractivity contribution in [3.05, 3.63) is 24.2 Å². The fourth-order valence-electron chi connectivity index (χ4n) is 3.99. The van der Waals surface area contributed by atoms with E-state index in [9.17, 15) is 9.59 Å². The van der Waals surface area contributed by atoms with Crippen LogP contribution in [0.5, 0.6) is 0 Å². The van der Waals surface area contributed by atoms with Crippen molar-refractivity contribution in [3.8, 4) is 0 Å². The van der Waals surface area contributed by atoms with Crippen molar-refractivity contribution >= 4 is 11.9 Å². The Morgan fingerprint density at radius 3 is 2.48 bits per heavy atom. The van der Waals surface area contributed by atoms with Gasteiger partial charge in [0.2, 0.25) is 5.91 Å². The molecule has 0 radical (unpaired) electrons. The third kappa shape index (κ3) is 3.83. The summed E-state index contributed by atoms with van der Waals surface area (Å²) in [5.41, 5.74) is 0. The molecule has 3 amide bonds. The van der Waals surface area contributed by atoms with E-state index in [0.717, 1.165) is 38.0 Å². The summed E-state index contributed by atoms with van der Waals surface area (Å²) in [6.45, 7) is 4.34. The largest absolute Gasteiger partial charge is 0.467 e. The zero-order chi connectivity index (χ0) is 18.0. The topological polar surface area (TPSA) is 57.0 Å². The second kappa shape index (κ2) is 7.50. The highest BCUT2D eigenvalue weighted by Crippen LogP contribution is 2.36. The zero-order valence-corrected chi connectivity index (χ0v) is 15.5. The molecule has 0 aliphatic carbocycles. The van der Waals surface area contributed by atoms with Crippen LogP contribution in [0.2, 0.25) is 0 Å². The number of carbonyl (C=O) groups excluding carboxylic acids is 2. The molecule has 6 nitrogen and oxygen atoms in total. The van der Waals surface area contributed by atoms with Crippen molar-refractivity contribution in [2.24, 2.45) is 11.8 Å². The normalized spacial score (nSPS) is 25.1. The molecule has 2 aliphatic heterocycles. The predicted molar refractivity (Wildman–Crippen MR) is 94.9 cm³/mol. The maximum absolute atomic E-state index is 13.1. The van der Waals surface area contributed by atoms with Gasteiger partial charge in [0.25, 0.3) is 0 Å². The summed E-state index contributed by atoms with van der Waals surface area (Å²) in [5.74, 6) is 1.72. The highest BCUT2D eigenvalue weighted by molar-refractivity contribution is 5.80. The van der Waals surface area contributed by atoms with Gasteiger partial charge in [-0.05, 0) is 43.7 Å². The summed E-state index contributed by atoms with van der Waals surface area (Å²) in [7, 11) is 3.53. The summed E-state index contributed by atoms with van der Waals surface area (Å²) in [4.78, 5) is 30.7. The molecule has 25 heavy (non-hydrogen) atoms. The van der Waals surface area contributed by atoms with Crippen LogP contribution < -0.4 is 0 Å². The first kappa shape index (κ1) is 17.8. The lowest BCUT2D eigenvalue weighted by atomic mass is 9.88. The minimum Gasteiger partial charge on any atom is -0.467 e. The van der Waals surface area contributed by atoms with E-state index in [1.54, 1.807) is 25.3 Å². The molecule has 0 N–H and O–H groups in total. The maximum atomic E-state index is 13.1. The molecule has 0 spiro atoms. The van der Waals surface area contributed by atoms with E-state index < -0.39 is 0 Å². The molecule has 6 heteroatoms. The second-order valence-corrected chi connectivity index (χ2v) is 7.63. The lowest BCUT2D eigenvalue weighted by molar-refractivity contribution is -0.142. The molecule has 0 aromatic carbocycles. The Morgan fingerprint density at radius 2 is 1.88 bits per heavy atom. The number of likely N-dealkylation sites (tertiary alicyclic amines) is 2. The fraction of sp³-hybridized carbons (Fsp3) is 0.684. The number of hydrogen-bond donors (Lipinski definition) is 0. The summed E-state index contributed by atoms with van der Waals surface area (Å²) in [6.07, 6.45) is 5.17. The molecule has 3 rings (SSSR count). The number of nitrogens with zero attached hydrogens (tertiary/aromatic N) is 3. The van der Waals surface area contributed by atoms with Gasteiger partial charge in [0.05, 0.1) is 12.3 Å². The summed E-state index contributed by atoms with van der Waals surface area (Å²) >= 11 is 0. The van der Waals surface area contributed by atoms with E-state index in [4.69, 9.17) is 4.42 Å². The molecule has 1 aromatic heterocycles. The third-order valence-corrected chi connectivity index (χ3v) is 5.52. The molecule has 2 atom stereocenters. The molecule has 138 valence electrons. The first-order chi connectivity index (χ1) is 12.0. The maximum Gasteiger partial charge on any atom is 0.319 e. The molecule has 2 aliphatic rings. The van der Waals surface area contributed by atoms with Gasteiger partial charge in [0.1, 0.15) is 5.76 Å². The Kier molecular flexibility index (Phi) is 5.35. The van der Waals surface area contributed by atoms with Crippen LogP contribution in [0.4, 0.5) is 4.79 Å². The number of urea groups is 1. The van der Waals surface area contributed by atoms with Gasteiger partial charge in [-0.15, -0.1) is 0 Å². The van der Waals surface area contributed by atoms with Crippen molar-refractivity contribution in [2.75, 3.05) is 33.7 Å². The van der Waals surface area contributed by atoms with E-state index in [1.165, 1.54) is 0 Å². The van der Waals surface area contributed by atoms with Gasteiger partial charge >= 0.3 is 6.03 Å². The molecule has 2 saturated heterocycles. The molecule has 0 unspecified atom stereocenters. The molecular weight excluding hydrogens is 318 g/mol. The Labute approximate surface area is 149 Å². The van der Waals surface area contributed by atoms with Crippen LogP contribution in [0.3, 0.4) is 0 Å². The highest BCUT2D eigenvalue weighted by Gasteiger charge is 2.37. The summed E-state index contributed by atoms with van der Waals surface area (Å²) in [5, 5.41) is 0. The lowest BCUT2D eigenvalue weighted by Crippen LogP contribution is -2.49. The van der Waals surface area contributed by atoms with E-state index >= 15 is 0 Å². The Hall–Kier alpha value is -1.98. The third-order valence-electron chi connectivity index (χ3n) is 5.52. The SMILES string of the molecule is C[C@H]1CCN(C(=O)C2CCN(C(=O)N(C)C)CC2)[C@@H](c2ccco2)C1. The Bertz CT molecular complexity index is 591. The van der Waals surface area contributed by atoms with Gasteiger partial charge < -0.3 is 19.1 Å². The standard InChI is InChI=1S/C19H29N3O3/c1-14-6-11-22(16(13-14)17-5-4-12-25-17)18(23)15-7-9-21(10-8-15)19(24)20(2)3/h4-5,12,14-16H,6-11,13H2,1-3H3/t14-,16+/m0/s1. The van der Waals surface area contributed by atoms with Crippen LogP contribution in [-0.2, 0) is 4.79 Å². The molecule has 0 saturated carbocycles. The van der Waals surface area contributed by atoms with Gasteiger partial charge in [0.15, 0.2) is 0 Å². The quantitative estimate of drug-likeness (QED) is 0.826. The second-order valence-electron chi connectivity index (χ2n) is 7.63. The van der Waals surface area contributed by atoms with Crippen LogP contribution >= 0.6 is 0 Å². The van der Waals surface area contributed by atoms with Crippen LogP contribution in [0, 0.1) is 11.8 Å². The zero-order valence-electron chi connectivity index (χ0n) is 15.5. The number of rotatable bonds is 2. The first-order valence-electron chi connectivity index (χ1n) is 9.27. The molecule has 1 aromatic rings. The van der Waals surface area contributed by atoms with Crippen LogP contribution in [0.1, 0.15) is 44.4 Å². The van der Waals surface area contributed by atoms with Gasteiger partial charge in [-0.25, -0.2) is 4.79 Å². The monoisotopic (exact) mass is 347 g/mol. The predicted octanol–water partition coefficient (Wildman–Crippen LogP) is 2.97. The Balaban J connectivity index is 1.65. The fourth-order valence-corrected chi connectivity index (χ4v) is 3.99. The van der Waals surface area contributed by atoms with Gasteiger partial charge in [-0.3, -0.25) is 4.79 Å². The average molecular weight is 347 g/mol. The summed E-state index contributed by atoms with van der Waals surface area (Å²) < 4.78 is 5.61. The minimum absolute atomic E-state index is 0.0112. The summed E-state index contributed by atoms with van der Waals surface area (Å²) in [6, 6.07) is 3.95. The average Bonchev–Trinajstić information content (AvgIpc) is 3.15. The highest BCUT2D eigenvalue weighted by atomic mass is 16.3. The van der Waals surface area contributed by atoms with E-state index in [1.807, 2.05) is 21.9 Å². The first-order valence-corrected chi connectivity index (χ1v) is 9.27. The van der Waals surface area contributed by atoms with Gasteiger partial charge in [-0.2, -0.15) is 0 Å². The Morgan fingerprint density at radius 1 is 1.16 bits per heavy atom. The number of amides is 3. The number of furan rings is 1. The molecule has 2 fully saturated rings. The van der Waals surface area contributed by atoms with Crippen molar-refractivity contribution in [3.63, 3.8) is 0 Å². The van der Waals surface area contributed by atoms with Crippen molar-refractivity contribution < 1.29 is 14.0 Å². The lowest BCUT2D eigenvalue weighted by Gasteiger charge is -2.41. The number of carbonyl (C=O) groups is 2. The van der Waals surface area contributed by atoms with E-state index in [-0.39, 0.29) is 23.9 Å².